The molecule has 4 heterocycles. The fourth-order valence-corrected chi connectivity index (χ4v) is 12.3. The smallest absolute Gasteiger partial charge is 0.156 e. The molecule has 0 fully saturated rings. The van der Waals surface area contributed by atoms with Gasteiger partial charge in [-0.15, -0.1) is 22.7 Å². The van der Waals surface area contributed by atoms with Crippen LogP contribution in [0.15, 0.2) is 176 Å². The highest BCUT2D eigenvalue weighted by molar-refractivity contribution is 7.26. The zero-order valence-electron chi connectivity index (χ0n) is 34.5. The molecule has 4 aromatic heterocycles. The lowest BCUT2D eigenvalue weighted by molar-refractivity contribution is 0.720. The van der Waals surface area contributed by atoms with E-state index in [1.807, 2.05) is 22.7 Å². The fourth-order valence-electron chi connectivity index (χ4n) is 9.75. The van der Waals surface area contributed by atoms with E-state index in [4.69, 9.17) is 15.0 Å². The molecule has 62 heavy (non-hydrogen) atoms. The zero-order valence-corrected chi connectivity index (χ0v) is 36.1. The quantitative estimate of drug-likeness (QED) is 0.168. The molecular weight excluding hydrogens is 791 g/mol. The van der Waals surface area contributed by atoms with E-state index in [0.717, 1.165) is 58.0 Å². The number of aromatic nitrogens is 3. The molecule has 0 saturated carbocycles. The van der Waals surface area contributed by atoms with Crippen LogP contribution in [0, 0.1) is 11.8 Å². The van der Waals surface area contributed by atoms with Crippen LogP contribution in [0.25, 0.3) is 91.5 Å². The van der Waals surface area contributed by atoms with Gasteiger partial charge in [-0.1, -0.05) is 159 Å². The molecule has 0 bridgehead atoms. The molecule has 2 aliphatic carbocycles. The van der Waals surface area contributed by atoms with Crippen LogP contribution in [0.1, 0.15) is 47.8 Å². The maximum Gasteiger partial charge on any atom is 0.156 e. The van der Waals surface area contributed by atoms with Gasteiger partial charge < -0.3 is 0 Å². The summed E-state index contributed by atoms with van der Waals surface area (Å²) >= 11 is 3.77. The molecule has 5 heteroatoms. The molecule has 2 aliphatic rings. The number of fused-ring (bicyclic) bond motifs is 8. The number of pyridine rings is 1. The zero-order chi connectivity index (χ0) is 41.3. The lowest BCUT2D eigenvalue weighted by Gasteiger charge is -2.23. The van der Waals surface area contributed by atoms with E-state index in [1.54, 1.807) is 0 Å². The summed E-state index contributed by atoms with van der Waals surface area (Å²) in [6, 6.07) is 56.6. The van der Waals surface area contributed by atoms with Crippen molar-refractivity contribution < 1.29 is 0 Å². The highest BCUT2D eigenvalue weighted by Crippen LogP contribution is 2.48. The summed E-state index contributed by atoms with van der Waals surface area (Å²) in [5, 5.41) is 5.19. The van der Waals surface area contributed by atoms with E-state index in [-0.39, 0.29) is 5.92 Å². The Hall–Kier alpha value is -6.79. The van der Waals surface area contributed by atoms with Crippen molar-refractivity contribution in [2.24, 2.45) is 11.8 Å². The van der Waals surface area contributed by atoms with Gasteiger partial charge in [-0.3, -0.25) is 0 Å². The van der Waals surface area contributed by atoms with Crippen molar-refractivity contribution in [3.63, 3.8) is 0 Å². The first kappa shape index (κ1) is 37.0. The first-order chi connectivity index (χ1) is 30.5. The highest BCUT2D eigenvalue weighted by Gasteiger charge is 2.27. The second-order valence-corrected chi connectivity index (χ2v) is 18.9. The Bertz CT molecular complexity index is 3500. The normalized spacial score (nSPS) is 16.4. The standard InChI is InChI=1S/C57H41N3S2/c1-34-29-45(55-46(30-34)43-21-9-11-25-50(43)61-55)38-19-13-20-39(32-38)49-33-48(37-17-7-4-8-18-37)59-57(60-49)40-27-28-41(35(2)31-40)54-56-53(44-22-10-12-26-51(44)62-56)52-42(23-14-24-47(52)58-54)36-15-5-3-6-16-36/h3-29,32-35H,30-31H2,1-2H3. The number of benzene rings is 6. The van der Waals surface area contributed by atoms with Gasteiger partial charge in [-0.2, -0.15) is 0 Å². The summed E-state index contributed by atoms with van der Waals surface area (Å²) in [7, 11) is 0. The third-order valence-electron chi connectivity index (χ3n) is 12.7. The average Bonchev–Trinajstić information content (AvgIpc) is 3.90. The maximum absolute atomic E-state index is 5.52. The Morgan fingerprint density at radius 1 is 0.532 bits per heavy atom. The molecule has 3 nitrogen and oxygen atoms in total. The van der Waals surface area contributed by atoms with Gasteiger partial charge in [-0.25, -0.2) is 15.0 Å². The lowest BCUT2D eigenvalue weighted by Crippen LogP contribution is -2.09. The summed E-state index contributed by atoms with van der Waals surface area (Å²) in [6.07, 6.45) is 8.89. The molecule has 10 aromatic rings. The second kappa shape index (κ2) is 15.0. The third-order valence-corrected chi connectivity index (χ3v) is 15.1. The van der Waals surface area contributed by atoms with Gasteiger partial charge in [0.15, 0.2) is 5.82 Å². The second-order valence-electron chi connectivity index (χ2n) is 16.8. The van der Waals surface area contributed by atoms with Crippen LogP contribution < -0.4 is 0 Å². The Morgan fingerprint density at radius 2 is 1.19 bits per heavy atom. The number of thiophene rings is 2. The van der Waals surface area contributed by atoms with Crippen molar-refractivity contribution in [2.45, 2.75) is 26.7 Å². The molecule has 0 radical (unpaired) electrons. The molecule has 0 amide bonds. The van der Waals surface area contributed by atoms with Crippen LogP contribution in [0.4, 0.5) is 0 Å². The Balaban J connectivity index is 0.983. The van der Waals surface area contributed by atoms with E-state index >= 15 is 0 Å². The Kier molecular flexibility index (Phi) is 8.94. The van der Waals surface area contributed by atoms with Gasteiger partial charge in [0.05, 0.1) is 27.3 Å². The number of allylic oxidation sites excluding steroid dienone is 5. The van der Waals surface area contributed by atoms with Crippen LogP contribution in [0.3, 0.4) is 0 Å². The first-order valence-electron chi connectivity index (χ1n) is 21.5. The van der Waals surface area contributed by atoms with Crippen LogP contribution in [-0.2, 0) is 6.42 Å². The van der Waals surface area contributed by atoms with Crippen molar-refractivity contribution in [1.29, 1.82) is 0 Å². The molecular formula is C57H41N3S2. The minimum Gasteiger partial charge on any atom is -0.247 e. The van der Waals surface area contributed by atoms with Crippen LogP contribution in [0.2, 0.25) is 0 Å². The largest absolute Gasteiger partial charge is 0.247 e. The number of hydrogen-bond acceptors (Lipinski definition) is 5. The third kappa shape index (κ3) is 6.26. The van der Waals surface area contributed by atoms with Crippen molar-refractivity contribution >= 4 is 80.6 Å². The lowest BCUT2D eigenvalue weighted by atomic mass is 9.85. The van der Waals surface area contributed by atoms with Crippen molar-refractivity contribution in [2.75, 3.05) is 0 Å². The highest BCUT2D eigenvalue weighted by atomic mass is 32.1. The van der Waals surface area contributed by atoms with E-state index in [1.165, 1.54) is 73.9 Å². The van der Waals surface area contributed by atoms with Gasteiger partial charge in [0.2, 0.25) is 0 Å². The summed E-state index contributed by atoms with van der Waals surface area (Å²) in [6.45, 7) is 4.67. The van der Waals surface area contributed by atoms with Gasteiger partial charge >= 0.3 is 0 Å². The van der Waals surface area contributed by atoms with Crippen LogP contribution in [-0.4, -0.2) is 15.0 Å². The van der Waals surface area contributed by atoms with Crippen molar-refractivity contribution in [1.82, 2.24) is 15.0 Å². The van der Waals surface area contributed by atoms with Crippen molar-refractivity contribution in [3.8, 4) is 33.6 Å². The maximum atomic E-state index is 5.52. The van der Waals surface area contributed by atoms with Gasteiger partial charge in [0.25, 0.3) is 0 Å². The molecule has 2 unspecified atom stereocenters. The van der Waals surface area contributed by atoms with Gasteiger partial charge in [0, 0.05) is 41.6 Å². The molecule has 0 saturated heterocycles. The van der Waals surface area contributed by atoms with E-state index in [0.29, 0.717) is 5.92 Å². The van der Waals surface area contributed by atoms with Crippen LogP contribution >= 0.6 is 22.7 Å². The van der Waals surface area contributed by atoms with Gasteiger partial charge in [0.1, 0.15) is 0 Å². The molecule has 12 rings (SSSR count). The van der Waals surface area contributed by atoms with E-state index in [2.05, 4.69) is 190 Å². The first-order valence-corrected chi connectivity index (χ1v) is 23.2. The number of nitrogens with zero attached hydrogens (tertiary/aromatic N) is 3. The molecule has 0 aliphatic heterocycles. The fraction of sp³-hybridized carbons (Fsp3) is 0.105. The predicted octanol–water partition coefficient (Wildman–Crippen LogP) is 15.7. The average molecular weight is 832 g/mol. The number of rotatable bonds is 6. The molecule has 296 valence electrons. The summed E-state index contributed by atoms with van der Waals surface area (Å²) < 4.78 is 3.88. The molecule has 6 aromatic carbocycles. The summed E-state index contributed by atoms with van der Waals surface area (Å²) in [4.78, 5) is 17.6. The molecule has 0 N–H and O–H groups in total. The van der Waals surface area contributed by atoms with Crippen LogP contribution in [0.5, 0.6) is 0 Å². The number of hydrogen-bond donors (Lipinski definition) is 0. The SMILES string of the molecule is CC1C=C(c2cccc(-c3cc(-c4ccccc4)nc(C4=CC=C(c5nc6cccc(-c7ccccc7)c6c6c5sc5ccccc56)C(C)C4)n3)c2)c2sc3ccccc3c2C1. The molecule has 0 spiro atoms. The van der Waals surface area contributed by atoms with E-state index < -0.39 is 0 Å². The minimum atomic E-state index is 0.192. The Morgan fingerprint density at radius 3 is 1.98 bits per heavy atom. The topological polar surface area (TPSA) is 38.7 Å². The Labute approximate surface area is 369 Å². The van der Waals surface area contributed by atoms with E-state index in [9.17, 15) is 0 Å². The van der Waals surface area contributed by atoms with Crippen molar-refractivity contribution in [3.05, 3.63) is 203 Å². The summed E-state index contributed by atoms with van der Waals surface area (Å²) in [5.41, 5.74) is 15.0. The molecule has 2 atom stereocenters. The minimum absolute atomic E-state index is 0.192. The summed E-state index contributed by atoms with van der Waals surface area (Å²) in [5.74, 6) is 1.42. The monoisotopic (exact) mass is 831 g/mol. The predicted molar refractivity (Wildman–Crippen MR) is 264 cm³/mol. The van der Waals surface area contributed by atoms with Gasteiger partial charge in [-0.05, 0) is 99.4 Å².